The van der Waals surface area contributed by atoms with Crippen molar-refractivity contribution in [3.63, 3.8) is 0 Å². The van der Waals surface area contributed by atoms with E-state index in [1.54, 1.807) is 6.07 Å². The minimum absolute atomic E-state index is 0.0850. The van der Waals surface area contributed by atoms with Crippen LogP contribution in [0.4, 0.5) is 10.3 Å². The molecule has 1 aliphatic heterocycles. The van der Waals surface area contributed by atoms with Gasteiger partial charge >= 0.3 is 6.01 Å². The average Bonchev–Trinajstić information content (AvgIpc) is 2.72. The van der Waals surface area contributed by atoms with E-state index in [2.05, 4.69) is 25.3 Å². The Balaban J connectivity index is 1.82. The van der Waals surface area contributed by atoms with Gasteiger partial charge in [-0.1, -0.05) is 6.07 Å². The van der Waals surface area contributed by atoms with Crippen LogP contribution in [0.3, 0.4) is 0 Å². The van der Waals surface area contributed by atoms with Crippen LogP contribution in [0.5, 0.6) is 11.9 Å². The fourth-order valence-electron chi connectivity index (χ4n) is 3.30. The van der Waals surface area contributed by atoms with Gasteiger partial charge in [-0.15, -0.1) is 0 Å². The molecule has 10 heteroatoms. The number of nitrogen functional groups attached to an aromatic ring is 1. The highest BCUT2D eigenvalue weighted by atomic mass is 19.1. The van der Waals surface area contributed by atoms with E-state index in [1.165, 1.54) is 38.7 Å². The maximum atomic E-state index is 14.1. The van der Waals surface area contributed by atoms with Crippen molar-refractivity contribution in [2.75, 3.05) is 20.0 Å². The predicted molar refractivity (Wildman–Crippen MR) is 101 cm³/mol. The van der Waals surface area contributed by atoms with Gasteiger partial charge in [-0.2, -0.15) is 4.98 Å². The Morgan fingerprint density at radius 2 is 1.90 bits per heavy atom. The number of aromatic nitrogens is 4. The molecule has 4 rings (SSSR count). The molecule has 0 bridgehead atoms. The standard InChI is InChI=1S/C19H17FN6O3/c1-28-17-12(7-23-19(26-17)29-2)11-5-9(20)3-4-10(11)14-6-15-13(16(27)24-14)8-22-18(21)25-15/h3-5,7-8,14H,6H2,1-2H3,(H,24,27)(H2,21,22,25)/t14-/m1/s1. The number of nitrogens with zero attached hydrogens (tertiary/aromatic N) is 4. The highest BCUT2D eigenvalue weighted by Gasteiger charge is 2.29. The second-order valence-corrected chi connectivity index (χ2v) is 6.33. The predicted octanol–water partition coefficient (Wildman–Crippen LogP) is 1.70. The number of rotatable bonds is 4. The van der Waals surface area contributed by atoms with Gasteiger partial charge < -0.3 is 20.5 Å². The molecule has 1 amide bonds. The first kappa shape index (κ1) is 18.5. The molecule has 0 spiro atoms. The average molecular weight is 396 g/mol. The summed E-state index contributed by atoms with van der Waals surface area (Å²) in [7, 11) is 2.88. The van der Waals surface area contributed by atoms with E-state index in [0.717, 1.165) is 0 Å². The molecule has 3 aromatic rings. The number of amides is 1. The van der Waals surface area contributed by atoms with Crippen molar-refractivity contribution in [3.8, 4) is 23.0 Å². The third-order valence-electron chi connectivity index (χ3n) is 4.62. The number of methoxy groups -OCH3 is 2. The van der Waals surface area contributed by atoms with E-state index in [9.17, 15) is 9.18 Å². The van der Waals surface area contributed by atoms with Crippen LogP contribution < -0.4 is 20.5 Å². The Labute approximate surface area is 165 Å². The molecule has 3 N–H and O–H groups in total. The summed E-state index contributed by atoms with van der Waals surface area (Å²) in [4.78, 5) is 28.8. The van der Waals surface area contributed by atoms with Crippen LogP contribution in [0.15, 0.2) is 30.6 Å². The lowest BCUT2D eigenvalue weighted by Gasteiger charge is -2.27. The molecule has 3 heterocycles. The number of fused-ring (bicyclic) bond motifs is 1. The molecule has 29 heavy (non-hydrogen) atoms. The zero-order chi connectivity index (χ0) is 20.5. The maximum Gasteiger partial charge on any atom is 0.319 e. The van der Waals surface area contributed by atoms with E-state index in [4.69, 9.17) is 15.2 Å². The zero-order valence-corrected chi connectivity index (χ0v) is 15.6. The lowest BCUT2D eigenvalue weighted by Crippen LogP contribution is -2.36. The molecule has 9 nitrogen and oxygen atoms in total. The summed E-state index contributed by atoms with van der Waals surface area (Å²) in [5, 5.41) is 2.91. The Morgan fingerprint density at radius 1 is 1.10 bits per heavy atom. The molecule has 0 saturated heterocycles. The summed E-state index contributed by atoms with van der Waals surface area (Å²) < 4.78 is 24.5. The van der Waals surface area contributed by atoms with E-state index in [0.29, 0.717) is 34.4 Å². The van der Waals surface area contributed by atoms with E-state index >= 15 is 0 Å². The van der Waals surface area contributed by atoms with Crippen LogP contribution in [-0.2, 0) is 6.42 Å². The topological polar surface area (TPSA) is 125 Å². The van der Waals surface area contributed by atoms with E-state index < -0.39 is 11.9 Å². The number of anilines is 1. The fourth-order valence-corrected chi connectivity index (χ4v) is 3.30. The van der Waals surface area contributed by atoms with Gasteiger partial charge in [-0.25, -0.2) is 19.3 Å². The first-order valence-corrected chi connectivity index (χ1v) is 8.67. The second-order valence-electron chi connectivity index (χ2n) is 6.33. The van der Waals surface area contributed by atoms with Gasteiger partial charge in [0.15, 0.2) is 0 Å². The molecule has 1 atom stereocenters. The molecule has 0 radical (unpaired) electrons. The first-order valence-electron chi connectivity index (χ1n) is 8.67. The number of ether oxygens (including phenoxy) is 2. The lowest BCUT2D eigenvalue weighted by atomic mass is 9.90. The quantitative estimate of drug-likeness (QED) is 0.683. The van der Waals surface area contributed by atoms with Crippen molar-refractivity contribution in [1.82, 2.24) is 25.3 Å². The van der Waals surface area contributed by atoms with Gasteiger partial charge in [0.2, 0.25) is 11.8 Å². The number of nitrogens with one attached hydrogen (secondary N) is 1. The number of carbonyl (C=O) groups excluding carboxylic acids is 1. The zero-order valence-electron chi connectivity index (χ0n) is 15.6. The van der Waals surface area contributed by atoms with Crippen molar-refractivity contribution in [3.05, 3.63) is 53.2 Å². The summed E-state index contributed by atoms with van der Waals surface area (Å²) >= 11 is 0. The van der Waals surface area contributed by atoms with Gasteiger partial charge in [0.1, 0.15) is 5.82 Å². The molecule has 148 valence electrons. The van der Waals surface area contributed by atoms with Crippen LogP contribution in [0.25, 0.3) is 11.1 Å². The molecular formula is C19H17FN6O3. The van der Waals surface area contributed by atoms with Gasteiger partial charge in [0.05, 0.1) is 37.1 Å². The van der Waals surface area contributed by atoms with E-state index in [-0.39, 0.29) is 23.7 Å². The molecular weight excluding hydrogens is 379 g/mol. The maximum absolute atomic E-state index is 14.1. The number of carbonyl (C=O) groups is 1. The normalized spacial score (nSPS) is 15.4. The molecule has 1 aromatic carbocycles. The molecule has 0 fully saturated rings. The van der Waals surface area contributed by atoms with E-state index in [1.807, 2.05) is 0 Å². The molecule has 0 saturated carbocycles. The minimum atomic E-state index is -0.466. The van der Waals surface area contributed by atoms with Gasteiger partial charge in [0, 0.05) is 18.8 Å². The molecule has 1 aliphatic rings. The van der Waals surface area contributed by atoms with Gasteiger partial charge in [0.25, 0.3) is 5.91 Å². The number of halogens is 1. The smallest absolute Gasteiger partial charge is 0.319 e. The van der Waals surface area contributed by atoms with Crippen LogP contribution in [0, 0.1) is 5.82 Å². The van der Waals surface area contributed by atoms with Gasteiger partial charge in [-0.3, -0.25) is 4.79 Å². The number of nitrogens with two attached hydrogens (primary N) is 1. The Hall–Kier alpha value is -3.82. The van der Waals surface area contributed by atoms with Crippen molar-refractivity contribution in [2.45, 2.75) is 12.5 Å². The third kappa shape index (κ3) is 3.40. The summed E-state index contributed by atoms with van der Waals surface area (Å²) in [6.45, 7) is 0. The fraction of sp³-hybridized carbons (Fsp3) is 0.211. The summed E-state index contributed by atoms with van der Waals surface area (Å²) in [6.07, 6.45) is 3.25. The highest BCUT2D eigenvalue weighted by Crippen LogP contribution is 2.37. The van der Waals surface area contributed by atoms with Gasteiger partial charge in [-0.05, 0) is 23.3 Å². The van der Waals surface area contributed by atoms with Crippen LogP contribution >= 0.6 is 0 Å². The SMILES string of the molecule is COc1ncc(-c2cc(F)ccc2[C@H]2Cc3nc(N)ncc3C(=O)N2)c(OC)n1. The van der Waals surface area contributed by atoms with Crippen LogP contribution in [0.1, 0.15) is 27.7 Å². The Kier molecular flexibility index (Phi) is 4.67. The summed E-state index contributed by atoms with van der Waals surface area (Å²) in [6, 6.07) is 3.93. The highest BCUT2D eigenvalue weighted by molar-refractivity contribution is 5.96. The lowest BCUT2D eigenvalue weighted by molar-refractivity contribution is 0.0923. The largest absolute Gasteiger partial charge is 0.480 e. The summed E-state index contributed by atoms with van der Waals surface area (Å²) in [5.74, 6) is -0.472. The monoisotopic (exact) mass is 396 g/mol. The first-order chi connectivity index (χ1) is 14.0. The van der Waals surface area contributed by atoms with Crippen molar-refractivity contribution < 1.29 is 18.7 Å². The Bertz CT molecular complexity index is 1110. The summed E-state index contributed by atoms with van der Waals surface area (Å²) in [5.41, 5.74) is 8.17. The molecule has 0 aliphatic carbocycles. The van der Waals surface area contributed by atoms with Crippen molar-refractivity contribution >= 4 is 11.9 Å². The number of hydrogen-bond acceptors (Lipinski definition) is 8. The third-order valence-corrected chi connectivity index (χ3v) is 4.62. The molecule has 2 aromatic heterocycles. The van der Waals surface area contributed by atoms with Crippen molar-refractivity contribution in [2.24, 2.45) is 0 Å². The number of hydrogen-bond donors (Lipinski definition) is 2. The second kappa shape index (κ2) is 7.30. The van der Waals surface area contributed by atoms with Crippen LogP contribution in [0.2, 0.25) is 0 Å². The minimum Gasteiger partial charge on any atom is -0.480 e. The van der Waals surface area contributed by atoms with Crippen LogP contribution in [-0.4, -0.2) is 40.1 Å². The number of benzene rings is 1. The Morgan fingerprint density at radius 3 is 2.66 bits per heavy atom. The van der Waals surface area contributed by atoms with Crippen molar-refractivity contribution in [1.29, 1.82) is 0 Å². The molecule has 0 unspecified atom stereocenters.